The van der Waals surface area contributed by atoms with Gasteiger partial charge in [0.25, 0.3) is 5.91 Å². The number of nitrogens with one attached hydrogen (secondary N) is 1. The van der Waals surface area contributed by atoms with Crippen LogP contribution >= 0.6 is 11.8 Å². The molecule has 0 bridgehead atoms. The van der Waals surface area contributed by atoms with Crippen molar-refractivity contribution in [1.29, 1.82) is 0 Å². The number of hydrogen-bond donors (Lipinski definition) is 2. The number of amides is 1. The maximum Gasteiger partial charge on any atom is 0.273 e. The number of nitrogens with zero attached hydrogens (tertiary/aromatic N) is 2. The zero-order valence-corrected chi connectivity index (χ0v) is 14.5. The van der Waals surface area contributed by atoms with Gasteiger partial charge in [-0.2, -0.15) is 11.8 Å². The number of aliphatic hydroxyl groups excluding tert-OH is 1. The summed E-state index contributed by atoms with van der Waals surface area (Å²) in [5, 5.41) is 11.8. The standard InChI is InChI=1S/C18H23N3O2S/c22-10-11-24-13-14-7-8-19-17(12-14)20-18(23)16-6-3-9-21(16)15-4-1-2-5-15/h3,6-9,12,15,22H,1-2,4-5,10-11,13H2,(H,19,20,23). The number of anilines is 1. The lowest BCUT2D eigenvalue weighted by Gasteiger charge is -2.15. The average molecular weight is 345 g/mol. The molecule has 128 valence electrons. The summed E-state index contributed by atoms with van der Waals surface area (Å²) in [5.41, 5.74) is 1.79. The van der Waals surface area contributed by atoms with Crippen molar-refractivity contribution in [2.75, 3.05) is 17.7 Å². The molecule has 0 aromatic carbocycles. The predicted octanol–water partition coefficient (Wildman–Crippen LogP) is 3.48. The molecule has 6 heteroatoms. The number of thioether (sulfide) groups is 1. The van der Waals surface area contributed by atoms with Crippen molar-refractivity contribution < 1.29 is 9.90 Å². The molecular formula is C18H23N3O2S. The molecule has 1 aliphatic rings. The summed E-state index contributed by atoms with van der Waals surface area (Å²) in [5.74, 6) is 1.96. The summed E-state index contributed by atoms with van der Waals surface area (Å²) < 4.78 is 2.10. The van der Waals surface area contributed by atoms with Crippen LogP contribution in [0.2, 0.25) is 0 Å². The van der Waals surface area contributed by atoms with Gasteiger partial charge in [-0.05, 0) is 42.7 Å². The van der Waals surface area contributed by atoms with Gasteiger partial charge in [0.15, 0.2) is 0 Å². The number of rotatable bonds is 7. The fraction of sp³-hybridized carbons (Fsp3) is 0.444. The van der Waals surface area contributed by atoms with Crippen LogP contribution in [0.5, 0.6) is 0 Å². The van der Waals surface area contributed by atoms with Crippen molar-refractivity contribution >= 4 is 23.5 Å². The molecule has 24 heavy (non-hydrogen) atoms. The summed E-state index contributed by atoms with van der Waals surface area (Å²) in [7, 11) is 0. The second-order valence-electron chi connectivity index (χ2n) is 6.02. The summed E-state index contributed by atoms with van der Waals surface area (Å²) in [4.78, 5) is 16.9. The zero-order chi connectivity index (χ0) is 16.8. The van der Waals surface area contributed by atoms with Gasteiger partial charge in [-0.15, -0.1) is 0 Å². The molecule has 1 amide bonds. The second kappa shape index (κ2) is 8.35. The Hall–Kier alpha value is -1.79. The molecule has 0 spiro atoms. The van der Waals surface area contributed by atoms with E-state index in [-0.39, 0.29) is 12.5 Å². The van der Waals surface area contributed by atoms with Crippen molar-refractivity contribution in [2.45, 2.75) is 37.5 Å². The van der Waals surface area contributed by atoms with Crippen molar-refractivity contribution in [3.05, 3.63) is 47.9 Å². The minimum atomic E-state index is -0.112. The lowest BCUT2D eigenvalue weighted by Crippen LogP contribution is -2.19. The van der Waals surface area contributed by atoms with Gasteiger partial charge in [0.1, 0.15) is 11.5 Å². The van der Waals surface area contributed by atoms with E-state index >= 15 is 0 Å². The smallest absolute Gasteiger partial charge is 0.273 e. The Morgan fingerprint density at radius 3 is 3.00 bits per heavy atom. The number of pyridine rings is 1. The van der Waals surface area contributed by atoms with Crippen molar-refractivity contribution in [2.24, 2.45) is 0 Å². The van der Waals surface area contributed by atoms with E-state index in [1.807, 2.05) is 30.5 Å². The maximum absolute atomic E-state index is 12.6. The van der Waals surface area contributed by atoms with Crippen molar-refractivity contribution in [1.82, 2.24) is 9.55 Å². The minimum Gasteiger partial charge on any atom is -0.396 e. The van der Waals surface area contributed by atoms with Gasteiger partial charge in [0, 0.05) is 29.9 Å². The Morgan fingerprint density at radius 1 is 1.38 bits per heavy atom. The van der Waals surface area contributed by atoms with E-state index in [0.29, 0.717) is 23.3 Å². The van der Waals surface area contributed by atoms with Crippen molar-refractivity contribution in [3.8, 4) is 0 Å². The molecule has 0 aliphatic heterocycles. The van der Waals surface area contributed by atoms with Crippen molar-refractivity contribution in [3.63, 3.8) is 0 Å². The van der Waals surface area contributed by atoms with E-state index in [1.165, 1.54) is 12.8 Å². The third kappa shape index (κ3) is 4.19. The van der Waals surface area contributed by atoms with Crippen LogP contribution in [0.1, 0.15) is 47.8 Å². The fourth-order valence-electron chi connectivity index (χ4n) is 3.15. The van der Waals surface area contributed by atoms with Crippen LogP contribution in [-0.2, 0) is 5.75 Å². The summed E-state index contributed by atoms with van der Waals surface area (Å²) in [6.07, 6.45) is 8.47. The van der Waals surface area contributed by atoms with Gasteiger partial charge in [0.05, 0.1) is 6.61 Å². The molecule has 0 unspecified atom stereocenters. The van der Waals surface area contributed by atoms with Crippen LogP contribution < -0.4 is 5.32 Å². The first-order chi connectivity index (χ1) is 11.8. The number of carbonyl (C=O) groups is 1. The van der Waals surface area contributed by atoms with Gasteiger partial charge in [-0.1, -0.05) is 12.8 Å². The van der Waals surface area contributed by atoms with Crippen LogP contribution in [0.3, 0.4) is 0 Å². The highest BCUT2D eigenvalue weighted by Crippen LogP contribution is 2.30. The van der Waals surface area contributed by atoms with E-state index in [1.54, 1.807) is 18.0 Å². The van der Waals surface area contributed by atoms with Gasteiger partial charge in [-0.3, -0.25) is 4.79 Å². The molecule has 2 N–H and O–H groups in total. The Labute approximate surface area is 146 Å². The van der Waals surface area contributed by atoms with Crippen LogP contribution in [0.15, 0.2) is 36.7 Å². The largest absolute Gasteiger partial charge is 0.396 e. The molecule has 3 rings (SSSR count). The van der Waals surface area contributed by atoms with Gasteiger partial charge in [-0.25, -0.2) is 4.98 Å². The summed E-state index contributed by atoms with van der Waals surface area (Å²) in [6.45, 7) is 0.178. The lowest BCUT2D eigenvalue weighted by molar-refractivity contribution is 0.101. The highest BCUT2D eigenvalue weighted by atomic mass is 32.2. The summed E-state index contributed by atoms with van der Waals surface area (Å²) >= 11 is 1.66. The maximum atomic E-state index is 12.6. The SMILES string of the molecule is O=C(Nc1cc(CSCCO)ccn1)c1cccn1C1CCCC1. The highest BCUT2D eigenvalue weighted by molar-refractivity contribution is 7.98. The molecule has 1 aliphatic carbocycles. The Balaban J connectivity index is 1.67. The average Bonchev–Trinajstić information content (AvgIpc) is 3.26. The second-order valence-corrected chi connectivity index (χ2v) is 7.12. The van der Waals surface area contributed by atoms with E-state index < -0.39 is 0 Å². The first kappa shape index (κ1) is 17.0. The number of carbonyl (C=O) groups excluding carboxylic acids is 1. The van der Waals surface area contributed by atoms with Gasteiger partial charge in [0.2, 0.25) is 0 Å². The molecule has 0 radical (unpaired) electrons. The van der Waals surface area contributed by atoms with E-state index in [2.05, 4.69) is 14.9 Å². The number of hydrogen-bond acceptors (Lipinski definition) is 4. The third-order valence-corrected chi connectivity index (χ3v) is 5.31. The predicted molar refractivity (Wildman–Crippen MR) is 97.4 cm³/mol. The molecule has 0 atom stereocenters. The molecule has 1 fully saturated rings. The van der Waals surface area contributed by atoms with Crippen LogP contribution in [0.4, 0.5) is 5.82 Å². The lowest BCUT2D eigenvalue weighted by atomic mass is 10.2. The molecule has 1 saturated carbocycles. The Bertz CT molecular complexity index is 680. The quantitative estimate of drug-likeness (QED) is 0.754. The van der Waals surface area contributed by atoms with E-state index in [9.17, 15) is 4.79 Å². The first-order valence-corrected chi connectivity index (χ1v) is 9.55. The van der Waals surface area contributed by atoms with E-state index in [4.69, 9.17) is 5.11 Å². The third-order valence-electron chi connectivity index (χ3n) is 4.30. The zero-order valence-electron chi connectivity index (χ0n) is 13.6. The normalized spacial score (nSPS) is 14.9. The molecule has 2 aromatic rings. The Kier molecular flexibility index (Phi) is 5.93. The van der Waals surface area contributed by atoms with Gasteiger partial charge < -0.3 is 15.0 Å². The number of aliphatic hydroxyl groups is 1. The molecule has 2 heterocycles. The van der Waals surface area contributed by atoms with E-state index in [0.717, 1.165) is 24.2 Å². The number of aromatic nitrogens is 2. The Morgan fingerprint density at radius 2 is 2.21 bits per heavy atom. The molecule has 5 nitrogen and oxygen atoms in total. The van der Waals surface area contributed by atoms with Crippen LogP contribution in [-0.4, -0.2) is 32.9 Å². The first-order valence-electron chi connectivity index (χ1n) is 8.39. The molecule has 2 aromatic heterocycles. The monoisotopic (exact) mass is 345 g/mol. The molecule has 0 saturated heterocycles. The fourth-order valence-corrected chi connectivity index (χ4v) is 3.84. The molecular weight excluding hydrogens is 322 g/mol. The summed E-state index contributed by atoms with van der Waals surface area (Å²) in [6, 6.07) is 8.07. The van der Waals surface area contributed by atoms with Crippen LogP contribution in [0.25, 0.3) is 0 Å². The van der Waals surface area contributed by atoms with Gasteiger partial charge >= 0.3 is 0 Å². The topological polar surface area (TPSA) is 67.2 Å². The van der Waals surface area contributed by atoms with Crippen LogP contribution in [0, 0.1) is 0 Å². The minimum absolute atomic E-state index is 0.112. The highest BCUT2D eigenvalue weighted by Gasteiger charge is 2.21.